The molecule has 1 N–H and O–H groups in total. The molecule has 7 atom stereocenters. The van der Waals surface area contributed by atoms with Crippen LogP contribution in [-0.4, -0.2) is 48.1 Å². The lowest BCUT2D eigenvalue weighted by atomic mass is 9.53. The van der Waals surface area contributed by atoms with Crippen LogP contribution in [-0.2, 0) is 23.8 Å². The Morgan fingerprint density at radius 1 is 1.33 bits per heavy atom. The lowest BCUT2D eigenvalue weighted by Crippen LogP contribution is -2.59. The zero-order valence-electron chi connectivity index (χ0n) is 17.0. The predicted molar refractivity (Wildman–Crippen MR) is 98.8 cm³/mol. The van der Waals surface area contributed by atoms with Gasteiger partial charge in [0.25, 0.3) is 0 Å². The number of allylic oxidation sites excluding steroid dienone is 1. The van der Waals surface area contributed by atoms with Gasteiger partial charge in [0.2, 0.25) is 0 Å². The molecule has 3 rings (SSSR count). The number of aliphatic hydroxyl groups excluding tert-OH is 1. The summed E-state index contributed by atoms with van der Waals surface area (Å²) >= 11 is 0. The minimum absolute atomic E-state index is 0.192. The summed E-state index contributed by atoms with van der Waals surface area (Å²) in [5.41, 5.74) is 0.0940. The van der Waals surface area contributed by atoms with Crippen LogP contribution in [0.2, 0.25) is 0 Å². The van der Waals surface area contributed by atoms with E-state index in [1.807, 2.05) is 0 Å². The van der Waals surface area contributed by atoms with Gasteiger partial charge in [0, 0.05) is 24.7 Å². The number of carbonyl (C=O) groups is 2. The van der Waals surface area contributed by atoms with Crippen LogP contribution in [0.1, 0.15) is 60.3 Å². The Hall–Kier alpha value is -1.40. The first-order chi connectivity index (χ1) is 12.6. The molecule has 1 aliphatic heterocycles. The van der Waals surface area contributed by atoms with Crippen molar-refractivity contribution in [2.24, 2.45) is 16.7 Å². The van der Waals surface area contributed by atoms with Gasteiger partial charge in [0.1, 0.15) is 18.8 Å². The third-order valence-electron chi connectivity index (χ3n) is 6.96. The lowest BCUT2D eigenvalue weighted by Gasteiger charge is -2.55. The maximum Gasteiger partial charge on any atom is 0.303 e. The number of aliphatic hydroxyl groups is 1. The second-order valence-electron chi connectivity index (χ2n) is 9.03. The van der Waals surface area contributed by atoms with Crippen LogP contribution in [0.4, 0.5) is 0 Å². The van der Waals surface area contributed by atoms with Gasteiger partial charge in [-0.3, -0.25) is 9.59 Å². The zero-order valence-corrected chi connectivity index (χ0v) is 17.0. The maximum atomic E-state index is 11.9. The quantitative estimate of drug-likeness (QED) is 0.599. The predicted octanol–water partition coefficient (Wildman–Crippen LogP) is 2.77. The number of fused-ring (bicyclic) bond motifs is 5. The van der Waals surface area contributed by atoms with E-state index < -0.39 is 35.1 Å². The van der Waals surface area contributed by atoms with Gasteiger partial charge in [-0.15, -0.1) is 0 Å². The van der Waals surface area contributed by atoms with Crippen molar-refractivity contribution in [2.45, 2.75) is 84.7 Å². The van der Waals surface area contributed by atoms with Crippen LogP contribution in [0.15, 0.2) is 11.6 Å². The molecule has 27 heavy (non-hydrogen) atoms. The molecule has 1 saturated heterocycles. The van der Waals surface area contributed by atoms with Crippen LogP contribution in [0.25, 0.3) is 0 Å². The molecule has 2 aliphatic carbocycles. The van der Waals surface area contributed by atoms with Crippen molar-refractivity contribution < 1.29 is 28.9 Å². The SMILES string of the molecule is CC(=O)OCC12CCC(C)=CC1O[C@H]1C[C@@H](C)C[C@]2(C)[C@H](OC(C)=O)[C@H]1O. The first kappa shape index (κ1) is 20.3. The van der Waals surface area contributed by atoms with Crippen LogP contribution in [0, 0.1) is 16.7 Å². The largest absolute Gasteiger partial charge is 0.465 e. The Labute approximate surface area is 161 Å². The Balaban J connectivity index is 2.16. The summed E-state index contributed by atoms with van der Waals surface area (Å²) in [5.74, 6) is -0.466. The molecule has 1 saturated carbocycles. The van der Waals surface area contributed by atoms with Crippen molar-refractivity contribution in [1.82, 2.24) is 0 Å². The summed E-state index contributed by atoms with van der Waals surface area (Å²) in [4.78, 5) is 23.6. The topological polar surface area (TPSA) is 82.1 Å². The van der Waals surface area contributed by atoms with E-state index in [2.05, 4.69) is 26.8 Å². The van der Waals surface area contributed by atoms with E-state index in [1.54, 1.807) is 0 Å². The van der Waals surface area contributed by atoms with E-state index in [0.29, 0.717) is 6.42 Å². The monoisotopic (exact) mass is 380 g/mol. The highest BCUT2D eigenvalue weighted by Gasteiger charge is 2.65. The molecular formula is C21H32O6. The fraction of sp³-hybridized carbons (Fsp3) is 0.810. The minimum atomic E-state index is -0.905. The maximum absolute atomic E-state index is 11.9. The highest BCUT2D eigenvalue weighted by Crippen LogP contribution is 2.60. The van der Waals surface area contributed by atoms with Gasteiger partial charge in [-0.05, 0) is 38.5 Å². The molecule has 6 nitrogen and oxygen atoms in total. The molecule has 3 aliphatic rings. The molecule has 0 amide bonds. The van der Waals surface area contributed by atoms with Crippen molar-refractivity contribution in [1.29, 1.82) is 0 Å². The third-order valence-corrected chi connectivity index (χ3v) is 6.96. The Kier molecular flexibility index (Phi) is 5.43. The van der Waals surface area contributed by atoms with Crippen LogP contribution in [0.5, 0.6) is 0 Å². The summed E-state index contributed by atoms with van der Waals surface area (Å²) in [6, 6.07) is 0. The molecule has 0 aromatic carbocycles. The minimum Gasteiger partial charge on any atom is -0.465 e. The van der Waals surface area contributed by atoms with Gasteiger partial charge < -0.3 is 19.3 Å². The van der Waals surface area contributed by atoms with Crippen molar-refractivity contribution in [3.63, 3.8) is 0 Å². The molecule has 0 radical (unpaired) electrons. The molecule has 1 heterocycles. The first-order valence-corrected chi connectivity index (χ1v) is 9.90. The fourth-order valence-electron chi connectivity index (χ4n) is 5.61. The number of hydrogen-bond donors (Lipinski definition) is 1. The Morgan fingerprint density at radius 3 is 2.67 bits per heavy atom. The van der Waals surface area contributed by atoms with E-state index in [-0.39, 0.29) is 24.6 Å². The van der Waals surface area contributed by atoms with E-state index in [1.165, 1.54) is 19.4 Å². The molecule has 2 unspecified atom stereocenters. The van der Waals surface area contributed by atoms with Gasteiger partial charge >= 0.3 is 11.9 Å². The average molecular weight is 380 g/mol. The van der Waals surface area contributed by atoms with Crippen molar-refractivity contribution in [2.75, 3.05) is 6.61 Å². The Bertz CT molecular complexity index is 643. The second kappa shape index (κ2) is 7.21. The molecule has 0 aromatic rings. The Morgan fingerprint density at radius 2 is 2.04 bits per heavy atom. The van der Waals surface area contributed by atoms with Crippen molar-refractivity contribution in [3.8, 4) is 0 Å². The van der Waals surface area contributed by atoms with Crippen LogP contribution < -0.4 is 0 Å². The van der Waals surface area contributed by atoms with Crippen LogP contribution in [0.3, 0.4) is 0 Å². The summed E-state index contributed by atoms with van der Waals surface area (Å²) in [5, 5.41) is 11.1. The average Bonchev–Trinajstić information content (AvgIpc) is 2.68. The summed E-state index contributed by atoms with van der Waals surface area (Å²) in [7, 11) is 0. The van der Waals surface area contributed by atoms with Gasteiger partial charge in [0.05, 0.1) is 12.2 Å². The van der Waals surface area contributed by atoms with E-state index in [9.17, 15) is 14.7 Å². The highest BCUT2D eigenvalue weighted by atomic mass is 16.6. The van der Waals surface area contributed by atoms with Gasteiger partial charge in [0.15, 0.2) is 0 Å². The molecular weight excluding hydrogens is 348 g/mol. The zero-order chi connectivity index (χ0) is 20.0. The third kappa shape index (κ3) is 3.42. The van der Waals surface area contributed by atoms with Gasteiger partial charge in [-0.25, -0.2) is 0 Å². The highest BCUT2D eigenvalue weighted by molar-refractivity contribution is 5.66. The molecule has 0 spiro atoms. The fourth-order valence-corrected chi connectivity index (χ4v) is 5.61. The molecule has 2 fully saturated rings. The molecule has 0 aromatic heterocycles. The number of hydrogen-bond acceptors (Lipinski definition) is 6. The normalized spacial score (nSPS) is 43.8. The van der Waals surface area contributed by atoms with Gasteiger partial charge in [-0.2, -0.15) is 0 Å². The summed E-state index contributed by atoms with van der Waals surface area (Å²) in [6.07, 6.45) is 2.90. The molecule has 152 valence electrons. The standard InChI is InChI=1S/C21H32O6/c1-12-6-7-21(11-25-14(3)22)17(9-12)27-16-8-13(2)10-20(21,5)19(18(16)24)26-15(4)23/h9,13,16-19,24H,6-8,10-11H2,1-5H3/t13-,16+,17?,18+,19-,20-,21?/m1/s1. The van der Waals surface area contributed by atoms with E-state index in [0.717, 1.165) is 19.3 Å². The number of esters is 2. The van der Waals surface area contributed by atoms with Gasteiger partial charge in [-0.1, -0.05) is 25.5 Å². The summed E-state index contributed by atoms with van der Waals surface area (Å²) < 4.78 is 17.7. The van der Waals surface area contributed by atoms with E-state index in [4.69, 9.17) is 14.2 Å². The first-order valence-electron chi connectivity index (χ1n) is 9.90. The van der Waals surface area contributed by atoms with Crippen molar-refractivity contribution >= 4 is 11.9 Å². The molecule has 2 bridgehead atoms. The second-order valence-corrected chi connectivity index (χ2v) is 9.03. The number of rotatable bonds is 3. The van der Waals surface area contributed by atoms with Crippen LogP contribution >= 0.6 is 0 Å². The van der Waals surface area contributed by atoms with E-state index >= 15 is 0 Å². The lowest BCUT2D eigenvalue weighted by molar-refractivity contribution is -0.191. The summed E-state index contributed by atoms with van der Waals surface area (Å²) in [6.45, 7) is 9.25. The smallest absolute Gasteiger partial charge is 0.303 e. The molecule has 6 heteroatoms. The van der Waals surface area contributed by atoms with Crippen molar-refractivity contribution in [3.05, 3.63) is 11.6 Å². The number of carbonyl (C=O) groups excluding carboxylic acids is 2. The number of ether oxygens (including phenoxy) is 3.